The van der Waals surface area contributed by atoms with E-state index in [-0.39, 0.29) is 16.6 Å². The summed E-state index contributed by atoms with van der Waals surface area (Å²) in [5.74, 6) is -0.923. The Morgan fingerprint density at radius 3 is 2.52 bits per heavy atom. The number of nitrogens with one attached hydrogen (secondary N) is 2. The molecule has 0 bridgehead atoms. The van der Waals surface area contributed by atoms with Crippen LogP contribution in [0, 0.1) is 0 Å². The van der Waals surface area contributed by atoms with Crippen LogP contribution in [0.25, 0.3) is 6.08 Å². The van der Waals surface area contributed by atoms with Crippen molar-refractivity contribution in [3.05, 3.63) is 65.7 Å². The fourth-order valence-corrected chi connectivity index (χ4v) is 3.61. The van der Waals surface area contributed by atoms with Crippen molar-refractivity contribution < 1.29 is 27.5 Å². The Kier molecular flexibility index (Phi) is 9.23. The first-order valence-corrected chi connectivity index (χ1v) is 11.1. The third kappa shape index (κ3) is 7.88. The first kappa shape index (κ1) is 24.1. The van der Waals surface area contributed by atoms with Gasteiger partial charge < -0.3 is 14.8 Å². The molecular weight excluding hydrogens is 420 g/mol. The molecule has 0 aliphatic carbocycles. The van der Waals surface area contributed by atoms with E-state index in [1.165, 1.54) is 37.9 Å². The first-order chi connectivity index (χ1) is 14.9. The lowest BCUT2D eigenvalue weighted by Crippen LogP contribution is -2.29. The van der Waals surface area contributed by atoms with Gasteiger partial charge in [-0.2, -0.15) is 0 Å². The van der Waals surface area contributed by atoms with Gasteiger partial charge in [0.1, 0.15) is 10.6 Å². The van der Waals surface area contributed by atoms with Crippen LogP contribution in [0.15, 0.2) is 59.5 Å². The van der Waals surface area contributed by atoms with Crippen LogP contribution in [0.5, 0.6) is 5.75 Å². The average molecular weight is 447 g/mol. The molecule has 166 valence electrons. The van der Waals surface area contributed by atoms with Crippen molar-refractivity contribution in [2.45, 2.75) is 17.7 Å². The van der Waals surface area contributed by atoms with Gasteiger partial charge in [0, 0.05) is 12.6 Å². The topological polar surface area (TPSA) is 111 Å². The van der Waals surface area contributed by atoms with Gasteiger partial charge in [-0.05, 0) is 49.2 Å². The number of benzene rings is 2. The Hall–Kier alpha value is -3.17. The van der Waals surface area contributed by atoms with Crippen LogP contribution >= 0.6 is 0 Å². The van der Waals surface area contributed by atoms with Crippen molar-refractivity contribution >= 4 is 28.0 Å². The minimum absolute atomic E-state index is 0.0529. The quantitative estimate of drug-likeness (QED) is 0.310. The summed E-state index contributed by atoms with van der Waals surface area (Å²) in [5.41, 5.74) is 1.65. The zero-order valence-electron chi connectivity index (χ0n) is 17.5. The fraction of sp³-hybridized carbons (Fsp3) is 0.273. The number of ether oxygens (including phenoxy) is 2. The number of carbonyl (C=O) groups excluding carboxylic acids is 2. The summed E-state index contributed by atoms with van der Waals surface area (Å²) in [7, 11) is -1.07. The van der Waals surface area contributed by atoms with Crippen molar-refractivity contribution in [3.63, 3.8) is 0 Å². The van der Waals surface area contributed by atoms with Gasteiger partial charge in [0.25, 0.3) is 5.91 Å². The van der Waals surface area contributed by atoms with Gasteiger partial charge in [-0.25, -0.2) is 17.9 Å². The molecule has 0 fully saturated rings. The molecule has 0 aliphatic heterocycles. The molecule has 0 unspecified atom stereocenters. The number of rotatable bonds is 11. The van der Waals surface area contributed by atoms with E-state index in [0.29, 0.717) is 12.1 Å². The van der Waals surface area contributed by atoms with E-state index in [1.54, 1.807) is 6.07 Å². The number of hydrogen-bond donors (Lipinski definition) is 2. The van der Waals surface area contributed by atoms with Gasteiger partial charge in [0.05, 0.1) is 7.11 Å². The van der Waals surface area contributed by atoms with Crippen LogP contribution in [-0.4, -0.2) is 47.6 Å². The molecule has 0 aliphatic rings. The van der Waals surface area contributed by atoms with E-state index in [2.05, 4.69) is 10.0 Å². The Bertz CT molecular complexity index is 1020. The monoisotopic (exact) mass is 446 g/mol. The molecule has 9 heteroatoms. The molecular formula is C22H26N2O6S. The molecule has 0 radical (unpaired) electrons. The molecule has 0 spiro atoms. The van der Waals surface area contributed by atoms with Crippen LogP contribution in [-0.2, 0) is 30.8 Å². The molecule has 2 aromatic carbocycles. The lowest BCUT2D eigenvalue weighted by atomic mass is 10.1. The Balaban J connectivity index is 1.80. The predicted molar refractivity (Wildman–Crippen MR) is 117 cm³/mol. The number of aryl methyl sites for hydroxylation is 1. The van der Waals surface area contributed by atoms with E-state index in [1.807, 2.05) is 30.3 Å². The Labute approximate surface area is 182 Å². The highest BCUT2D eigenvalue weighted by Crippen LogP contribution is 2.25. The van der Waals surface area contributed by atoms with Gasteiger partial charge >= 0.3 is 5.97 Å². The van der Waals surface area contributed by atoms with E-state index >= 15 is 0 Å². The number of amides is 1. The van der Waals surface area contributed by atoms with E-state index < -0.39 is 22.6 Å². The van der Waals surface area contributed by atoms with Crippen LogP contribution in [0.1, 0.15) is 17.5 Å². The van der Waals surface area contributed by atoms with Crippen LogP contribution in [0.4, 0.5) is 0 Å². The molecule has 1 amide bonds. The smallest absolute Gasteiger partial charge is 0.331 e. The van der Waals surface area contributed by atoms with Crippen molar-refractivity contribution in [3.8, 4) is 5.75 Å². The van der Waals surface area contributed by atoms with Gasteiger partial charge in [-0.3, -0.25) is 4.79 Å². The van der Waals surface area contributed by atoms with E-state index in [4.69, 9.17) is 9.47 Å². The van der Waals surface area contributed by atoms with Crippen LogP contribution < -0.4 is 14.8 Å². The van der Waals surface area contributed by atoms with Crippen molar-refractivity contribution in [1.82, 2.24) is 10.0 Å². The van der Waals surface area contributed by atoms with Crippen LogP contribution in [0.3, 0.4) is 0 Å². The number of carbonyl (C=O) groups is 2. The van der Waals surface area contributed by atoms with Gasteiger partial charge in [0.15, 0.2) is 6.61 Å². The Morgan fingerprint density at radius 1 is 1.10 bits per heavy atom. The second-order valence-electron chi connectivity index (χ2n) is 6.50. The molecule has 0 aromatic heterocycles. The van der Waals surface area contributed by atoms with Gasteiger partial charge in [-0.1, -0.05) is 36.4 Å². The fourth-order valence-electron chi connectivity index (χ4n) is 2.68. The normalized spacial score (nSPS) is 11.3. The Morgan fingerprint density at radius 2 is 1.84 bits per heavy atom. The SMILES string of the molecule is CNS(=O)(=O)c1cc(/C=C/C(=O)OCC(=O)NCCCc2ccccc2)ccc1OC. The summed E-state index contributed by atoms with van der Waals surface area (Å²) in [6.45, 7) is 0.0895. The highest BCUT2D eigenvalue weighted by atomic mass is 32.2. The minimum atomic E-state index is -3.73. The van der Waals surface area contributed by atoms with Gasteiger partial charge in [0.2, 0.25) is 10.0 Å². The molecule has 0 atom stereocenters. The third-order valence-electron chi connectivity index (χ3n) is 4.31. The van der Waals surface area contributed by atoms with Crippen molar-refractivity contribution in [2.24, 2.45) is 0 Å². The zero-order valence-corrected chi connectivity index (χ0v) is 18.3. The molecule has 2 N–H and O–H groups in total. The summed E-state index contributed by atoms with van der Waals surface area (Å²) in [5, 5.41) is 2.70. The molecule has 0 saturated heterocycles. The maximum atomic E-state index is 12.1. The number of sulfonamides is 1. The molecule has 8 nitrogen and oxygen atoms in total. The third-order valence-corrected chi connectivity index (χ3v) is 5.75. The second kappa shape index (κ2) is 11.9. The standard InChI is InChI=1S/C22H26N2O6S/c1-23-31(27,28)20-15-18(10-12-19(20)29-2)11-13-22(26)30-16-21(25)24-14-6-9-17-7-4-3-5-8-17/h3-5,7-8,10-13,15,23H,6,9,14,16H2,1-2H3,(H,24,25)/b13-11+. The number of hydrogen-bond acceptors (Lipinski definition) is 6. The average Bonchev–Trinajstić information content (AvgIpc) is 2.79. The molecule has 0 heterocycles. The lowest BCUT2D eigenvalue weighted by molar-refractivity contribution is -0.143. The molecule has 31 heavy (non-hydrogen) atoms. The summed E-state index contributed by atoms with van der Waals surface area (Å²) in [6.07, 6.45) is 4.14. The maximum Gasteiger partial charge on any atom is 0.331 e. The second-order valence-corrected chi connectivity index (χ2v) is 8.35. The van der Waals surface area contributed by atoms with Crippen molar-refractivity contribution in [2.75, 3.05) is 27.3 Å². The minimum Gasteiger partial charge on any atom is -0.495 e. The first-order valence-electron chi connectivity index (χ1n) is 9.63. The molecule has 2 aromatic rings. The molecule has 2 rings (SSSR count). The van der Waals surface area contributed by atoms with Gasteiger partial charge in [-0.15, -0.1) is 0 Å². The van der Waals surface area contributed by atoms with E-state index in [9.17, 15) is 18.0 Å². The summed E-state index contributed by atoms with van der Waals surface area (Å²) in [4.78, 5) is 23.6. The molecule has 0 saturated carbocycles. The summed E-state index contributed by atoms with van der Waals surface area (Å²) < 4.78 is 36.4. The maximum absolute atomic E-state index is 12.1. The lowest BCUT2D eigenvalue weighted by Gasteiger charge is -2.09. The van der Waals surface area contributed by atoms with Crippen molar-refractivity contribution in [1.29, 1.82) is 0 Å². The number of methoxy groups -OCH3 is 1. The largest absolute Gasteiger partial charge is 0.495 e. The van der Waals surface area contributed by atoms with E-state index in [0.717, 1.165) is 18.9 Å². The van der Waals surface area contributed by atoms with Crippen LogP contribution in [0.2, 0.25) is 0 Å². The highest BCUT2D eigenvalue weighted by molar-refractivity contribution is 7.89. The predicted octanol–water partition coefficient (Wildman–Crippen LogP) is 1.91. The summed E-state index contributed by atoms with van der Waals surface area (Å²) in [6, 6.07) is 14.4. The number of esters is 1. The zero-order chi connectivity index (χ0) is 22.7. The highest BCUT2D eigenvalue weighted by Gasteiger charge is 2.17. The summed E-state index contributed by atoms with van der Waals surface area (Å²) >= 11 is 0.